The standard InChI is InChI=1S/C23H22ClN3O6/c1-12-4-6-13(7-5-12)21-20-16(11-33-22(20)29)27(23(30)26-21)10-19(28)25-15-8-14(24)17(31-2)9-18(15)32-3/h4-9,21H,10-11H2,1-3H3,(H,25,28)(H,26,30)/t21-/m0/s1. The second-order valence-corrected chi connectivity index (χ2v) is 7.96. The van der Waals surface area contributed by atoms with Gasteiger partial charge in [-0.1, -0.05) is 41.4 Å². The van der Waals surface area contributed by atoms with E-state index in [1.165, 1.54) is 25.2 Å². The number of nitrogens with zero attached hydrogens (tertiary/aromatic N) is 1. The Hall–Kier alpha value is -3.72. The summed E-state index contributed by atoms with van der Waals surface area (Å²) in [6.07, 6.45) is 0. The van der Waals surface area contributed by atoms with Crippen molar-refractivity contribution in [3.05, 3.63) is 63.8 Å². The molecule has 2 aliphatic heterocycles. The van der Waals surface area contributed by atoms with Crippen LogP contribution < -0.4 is 20.1 Å². The lowest BCUT2D eigenvalue weighted by atomic mass is 9.95. The van der Waals surface area contributed by atoms with Crippen molar-refractivity contribution in [3.8, 4) is 11.5 Å². The van der Waals surface area contributed by atoms with Gasteiger partial charge in [-0.3, -0.25) is 9.69 Å². The fraction of sp³-hybridized carbons (Fsp3) is 0.261. The summed E-state index contributed by atoms with van der Waals surface area (Å²) in [6, 6.07) is 9.37. The second-order valence-electron chi connectivity index (χ2n) is 7.55. The zero-order valence-electron chi connectivity index (χ0n) is 18.2. The fourth-order valence-electron chi connectivity index (χ4n) is 3.78. The summed E-state index contributed by atoms with van der Waals surface area (Å²) in [7, 11) is 2.91. The molecule has 33 heavy (non-hydrogen) atoms. The van der Waals surface area contributed by atoms with Crippen LogP contribution in [0.3, 0.4) is 0 Å². The normalized spacial score (nSPS) is 17.3. The van der Waals surface area contributed by atoms with E-state index < -0.39 is 23.9 Å². The van der Waals surface area contributed by atoms with Gasteiger partial charge in [0.1, 0.15) is 24.7 Å². The maximum absolute atomic E-state index is 12.9. The number of cyclic esters (lactones) is 1. The van der Waals surface area contributed by atoms with Crippen LogP contribution in [-0.2, 0) is 14.3 Å². The molecule has 0 saturated heterocycles. The van der Waals surface area contributed by atoms with Crippen LogP contribution in [0.25, 0.3) is 0 Å². The lowest BCUT2D eigenvalue weighted by molar-refractivity contribution is -0.136. The van der Waals surface area contributed by atoms with E-state index >= 15 is 0 Å². The van der Waals surface area contributed by atoms with E-state index in [9.17, 15) is 14.4 Å². The van der Waals surface area contributed by atoms with E-state index in [2.05, 4.69) is 10.6 Å². The summed E-state index contributed by atoms with van der Waals surface area (Å²) >= 11 is 6.16. The maximum Gasteiger partial charge on any atom is 0.338 e. The summed E-state index contributed by atoms with van der Waals surface area (Å²) in [4.78, 5) is 39.4. The quantitative estimate of drug-likeness (QED) is 0.627. The van der Waals surface area contributed by atoms with Crippen molar-refractivity contribution in [2.75, 3.05) is 32.7 Å². The van der Waals surface area contributed by atoms with E-state index in [1.807, 2.05) is 31.2 Å². The predicted octanol–water partition coefficient (Wildman–Crippen LogP) is 3.18. The molecular formula is C23H22ClN3O6. The van der Waals surface area contributed by atoms with E-state index in [0.717, 1.165) is 11.1 Å². The highest BCUT2D eigenvalue weighted by Crippen LogP contribution is 2.37. The molecule has 2 aromatic carbocycles. The third-order valence-corrected chi connectivity index (χ3v) is 5.75. The molecule has 2 N–H and O–H groups in total. The minimum Gasteiger partial charge on any atom is -0.495 e. The Balaban J connectivity index is 1.58. The zero-order valence-corrected chi connectivity index (χ0v) is 19.0. The molecule has 2 heterocycles. The topological polar surface area (TPSA) is 106 Å². The molecule has 3 amide bonds. The number of aryl methyl sites for hydroxylation is 1. The Kier molecular flexibility index (Phi) is 6.15. The van der Waals surface area contributed by atoms with Crippen molar-refractivity contribution in [2.24, 2.45) is 0 Å². The number of esters is 1. The van der Waals surface area contributed by atoms with Gasteiger partial charge >= 0.3 is 12.0 Å². The highest BCUT2D eigenvalue weighted by atomic mass is 35.5. The molecule has 0 aliphatic carbocycles. The van der Waals surface area contributed by atoms with Gasteiger partial charge in [-0.2, -0.15) is 0 Å². The van der Waals surface area contributed by atoms with Crippen LogP contribution in [0.5, 0.6) is 11.5 Å². The minimum atomic E-state index is -0.650. The van der Waals surface area contributed by atoms with Crippen LogP contribution >= 0.6 is 11.6 Å². The van der Waals surface area contributed by atoms with Gasteiger partial charge in [-0.25, -0.2) is 9.59 Å². The van der Waals surface area contributed by atoms with Crippen LogP contribution in [-0.4, -0.2) is 50.2 Å². The summed E-state index contributed by atoms with van der Waals surface area (Å²) in [6.45, 7) is 1.52. The number of anilines is 1. The number of benzene rings is 2. The number of urea groups is 1. The average Bonchev–Trinajstić information content (AvgIpc) is 3.18. The third-order valence-electron chi connectivity index (χ3n) is 5.46. The molecule has 2 aromatic rings. The van der Waals surface area contributed by atoms with Gasteiger partial charge in [0.15, 0.2) is 0 Å². The van der Waals surface area contributed by atoms with Crippen molar-refractivity contribution < 1.29 is 28.6 Å². The first-order valence-electron chi connectivity index (χ1n) is 10.1. The summed E-state index contributed by atoms with van der Waals surface area (Å²) < 4.78 is 15.6. The van der Waals surface area contributed by atoms with E-state index in [0.29, 0.717) is 28.5 Å². The number of nitrogens with one attached hydrogen (secondary N) is 2. The largest absolute Gasteiger partial charge is 0.495 e. The molecule has 0 radical (unpaired) electrons. The molecule has 0 bridgehead atoms. The first-order valence-corrected chi connectivity index (χ1v) is 10.5. The van der Waals surface area contributed by atoms with E-state index in [1.54, 1.807) is 6.07 Å². The number of halogens is 1. The molecule has 9 nitrogen and oxygen atoms in total. The van der Waals surface area contributed by atoms with Gasteiger partial charge in [0.25, 0.3) is 0 Å². The van der Waals surface area contributed by atoms with Crippen molar-refractivity contribution in [1.29, 1.82) is 0 Å². The number of carbonyl (C=O) groups is 3. The number of amides is 3. The zero-order chi connectivity index (χ0) is 23.7. The molecule has 0 aromatic heterocycles. The molecule has 0 unspecified atom stereocenters. The van der Waals surface area contributed by atoms with Gasteiger partial charge in [0, 0.05) is 6.07 Å². The van der Waals surface area contributed by atoms with E-state index in [-0.39, 0.29) is 18.2 Å². The fourth-order valence-corrected chi connectivity index (χ4v) is 4.02. The molecule has 1 atom stereocenters. The average molecular weight is 472 g/mol. The van der Waals surface area contributed by atoms with Gasteiger partial charge in [0.2, 0.25) is 5.91 Å². The van der Waals surface area contributed by atoms with Crippen LogP contribution in [0, 0.1) is 6.92 Å². The Morgan fingerprint density at radius 2 is 1.88 bits per heavy atom. The number of methoxy groups -OCH3 is 2. The first kappa shape index (κ1) is 22.5. The SMILES string of the molecule is COc1cc(OC)c(NC(=O)CN2C(=O)N[C@@H](c3ccc(C)cc3)C3=C2COC3=O)cc1Cl. The second kappa shape index (κ2) is 9.03. The first-order chi connectivity index (χ1) is 15.8. The molecule has 0 fully saturated rings. The summed E-state index contributed by atoms with van der Waals surface area (Å²) in [5.41, 5.74) is 2.80. The van der Waals surface area contributed by atoms with Crippen LogP contribution in [0.1, 0.15) is 17.2 Å². The van der Waals surface area contributed by atoms with Crippen molar-refractivity contribution in [3.63, 3.8) is 0 Å². The van der Waals surface area contributed by atoms with Crippen molar-refractivity contribution in [1.82, 2.24) is 10.2 Å². The lowest BCUT2D eigenvalue weighted by Crippen LogP contribution is -2.49. The Labute approximate surface area is 195 Å². The molecule has 2 aliphatic rings. The van der Waals surface area contributed by atoms with E-state index in [4.69, 9.17) is 25.8 Å². The van der Waals surface area contributed by atoms with Gasteiger partial charge in [0.05, 0.1) is 42.2 Å². The monoisotopic (exact) mass is 471 g/mol. The van der Waals surface area contributed by atoms with Crippen molar-refractivity contribution >= 4 is 35.2 Å². The Morgan fingerprint density at radius 1 is 1.18 bits per heavy atom. The molecule has 172 valence electrons. The number of hydrogen-bond acceptors (Lipinski definition) is 6. The number of ether oxygens (including phenoxy) is 3. The molecule has 0 spiro atoms. The molecule has 4 rings (SSSR count). The van der Waals surface area contributed by atoms with Gasteiger partial charge in [-0.15, -0.1) is 0 Å². The molecule has 10 heteroatoms. The number of rotatable bonds is 6. The van der Waals surface area contributed by atoms with Crippen LogP contribution in [0.4, 0.5) is 10.5 Å². The maximum atomic E-state index is 12.9. The van der Waals surface area contributed by atoms with Crippen LogP contribution in [0.2, 0.25) is 5.02 Å². The van der Waals surface area contributed by atoms with Crippen LogP contribution in [0.15, 0.2) is 47.7 Å². The highest BCUT2D eigenvalue weighted by Gasteiger charge is 2.42. The van der Waals surface area contributed by atoms with Crippen molar-refractivity contribution in [2.45, 2.75) is 13.0 Å². The molecule has 0 saturated carbocycles. The highest BCUT2D eigenvalue weighted by molar-refractivity contribution is 6.32. The number of carbonyl (C=O) groups excluding carboxylic acids is 3. The Morgan fingerprint density at radius 3 is 2.55 bits per heavy atom. The van der Waals surface area contributed by atoms with Gasteiger partial charge in [-0.05, 0) is 18.6 Å². The summed E-state index contributed by atoms with van der Waals surface area (Å²) in [5, 5.41) is 5.78. The summed E-state index contributed by atoms with van der Waals surface area (Å²) in [5.74, 6) is -0.304. The Bertz CT molecular complexity index is 1160. The lowest BCUT2D eigenvalue weighted by Gasteiger charge is -2.32. The third kappa shape index (κ3) is 4.31. The minimum absolute atomic E-state index is 0.0884. The predicted molar refractivity (Wildman–Crippen MR) is 120 cm³/mol. The molecular weight excluding hydrogens is 450 g/mol. The smallest absolute Gasteiger partial charge is 0.338 e. The number of hydrogen-bond donors (Lipinski definition) is 2. The van der Waals surface area contributed by atoms with Gasteiger partial charge < -0.3 is 24.8 Å².